The molecule has 0 bridgehead atoms. The van der Waals surface area contributed by atoms with Gasteiger partial charge < -0.3 is 4.57 Å². The van der Waals surface area contributed by atoms with Crippen LogP contribution in [0.25, 0.3) is 11.6 Å². The number of aryl methyl sites for hydroxylation is 1. The van der Waals surface area contributed by atoms with Gasteiger partial charge >= 0.3 is 0 Å². The fourth-order valence-electron chi connectivity index (χ4n) is 2.56. The van der Waals surface area contributed by atoms with Crippen molar-refractivity contribution in [3.63, 3.8) is 0 Å². The smallest absolute Gasteiger partial charge is 0.0998 e. The lowest BCUT2D eigenvalue weighted by molar-refractivity contribution is 0.841. The number of imidazole rings is 1. The number of allylic oxidation sites excluding steroid dienone is 4. The minimum Gasteiger partial charge on any atom is -0.337 e. The molecule has 0 saturated heterocycles. The highest BCUT2D eigenvalue weighted by Gasteiger charge is 2.16. The molecule has 0 N–H and O–H groups in total. The minimum absolute atomic E-state index is 0.865. The van der Waals surface area contributed by atoms with Crippen LogP contribution in [0.5, 0.6) is 0 Å². The molecule has 0 unspecified atom stereocenters. The fraction of sp³-hybridized carbons (Fsp3) is 0.200. The molecule has 2 heterocycles. The third-order valence-corrected chi connectivity index (χ3v) is 4.60. The quantitative estimate of drug-likeness (QED) is 0.821. The molecule has 0 aromatic carbocycles. The van der Waals surface area contributed by atoms with Crippen LogP contribution in [0.2, 0.25) is 0 Å². The van der Waals surface area contributed by atoms with Crippen molar-refractivity contribution in [1.29, 1.82) is 0 Å². The Labute approximate surface area is 115 Å². The van der Waals surface area contributed by atoms with Gasteiger partial charge in [-0.15, -0.1) is 11.3 Å². The van der Waals surface area contributed by atoms with Gasteiger partial charge in [0.1, 0.15) is 0 Å². The molecule has 0 radical (unpaired) electrons. The van der Waals surface area contributed by atoms with E-state index in [4.69, 9.17) is 4.98 Å². The first-order valence-corrected chi connectivity index (χ1v) is 7.16. The van der Waals surface area contributed by atoms with E-state index in [0.29, 0.717) is 0 Å². The monoisotopic (exact) mass is 267 g/mol. The molecule has 0 amide bonds. The summed E-state index contributed by atoms with van der Waals surface area (Å²) in [7, 11) is 2.03. The number of thiazole rings is 1. The van der Waals surface area contributed by atoms with E-state index >= 15 is 0 Å². The van der Waals surface area contributed by atoms with E-state index in [1.807, 2.05) is 19.6 Å². The Balaban J connectivity index is 1.77. The summed E-state index contributed by atoms with van der Waals surface area (Å²) < 4.78 is 3.36. The maximum Gasteiger partial charge on any atom is 0.0998 e. The summed E-state index contributed by atoms with van der Waals surface area (Å²) in [5.74, 6) is 0. The van der Waals surface area contributed by atoms with Crippen LogP contribution in [0.15, 0.2) is 36.3 Å². The molecule has 0 fully saturated rings. The van der Waals surface area contributed by atoms with E-state index in [9.17, 15) is 0 Å². The Morgan fingerprint density at radius 3 is 3.21 bits per heavy atom. The van der Waals surface area contributed by atoms with Gasteiger partial charge in [-0.3, -0.25) is 0 Å². The molecule has 0 aliphatic heterocycles. The third-order valence-electron chi connectivity index (χ3n) is 3.60. The van der Waals surface area contributed by atoms with Crippen LogP contribution in [0, 0.1) is 0 Å². The van der Waals surface area contributed by atoms with Crippen molar-refractivity contribution in [2.45, 2.75) is 12.8 Å². The van der Waals surface area contributed by atoms with E-state index in [2.05, 4.69) is 33.9 Å². The van der Waals surface area contributed by atoms with Gasteiger partial charge in [0.25, 0.3) is 0 Å². The number of hydrogen-bond acceptors (Lipinski definition) is 3. The van der Waals surface area contributed by atoms with E-state index in [1.54, 1.807) is 11.3 Å². The number of hydrogen-bond donors (Lipinski definition) is 0. The fourth-order valence-corrected chi connectivity index (χ4v) is 3.63. The molecule has 2 aliphatic rings. The van der Waals surface area contributed by atoms with Crippen molar-refractivity contribution in [2.24, 2.45) is 7.05 Å². The molecule has 2 aromatic rings. The lowest BCUT2D eigenvalue weighted by Gasteiger charge is -2.04. The van der Waals surface area contributed by atoms with Crippen molar-refractivity contribution in [1.82, 2.24) is 14.5 Å². The largest absolute Gasteiger partial charge is 0.337 e. The highest BCUT2D eigenvalue weighted by molar-refractivity contribution is 7.09. The predicted octanol–water partition coefficient (Wildman–Crippen LogP) is 1.30. The Morgan fingerprint density at radius 1 is 1.42 bits per heavy atom. The summed E-state index contributed by atoms with van der Waals surface area (Å²) in [6.07, 6.45) is 14.4. The summed E-state index contributed by atoms with van der Waals surface area (Å²) in [6.45, 7) is 0. The first-order valence-electron chi connectivity index (χ1n) is 6.34. The lowest BCUT2D eigenvalue weighted by atomic mass is 10.0. The Bertz CT molecular complexity index is 833. The van der Waals surface area contributed by atoms with Crippen LogP contribution in [-0.2, 0) is 13.5 Å². The van der Waals surface area contributed by atoms with Gasteiger partial charge in [0, 0.05) is 25.4 Å². The van der Waals surface area contributed by atoms with Crippen LogP contribution < -0.4 is 9.88 Å². The van der Waals surface area contributed by atoms with Crippen molar-refractivity contribution < 1.29 is 0 Å². The van der Waals surface area contributed by atoms with Crippen LogP contribution >= 0.6 is 11.3 Å². The third kappa shape index (κ3) is 1.71. The number of fused-ring (bicyclic) bond motifs is 2. The average molecular weight is 267 g/mol. The molecule has 3 nitrogen and oxygen atoms in total. The summed E-state index contributed by atoms with van der Waals surface area (Å²) in [6, 6.07) is 0. The standard InChI is InChI=1S/C15H13N3S/c1-18-9-16-8-11(18)7-14-17-15-12-5-3-2-4-10(12)6-13(15)19-14/h2-4,6,8-9H,5,7H2,1H3. The van der Waals surface area contributed by atoms with E-state index in [-0.39, 0.29) is 0 Å². The van der Waals surface area contributed by atoms with Crippen molar-refractivity contribution in [3.8, 4) is 0 Å². The zero-order valence-electron chi connectivity index (χ0n) is 10.6. The zero-order valence-corrected chi connectivity index (χ0v) is 11.4. The van der Waals surface area contributed by atoms with Gasteiger partial charge in [0.15, 0.2) is 0 Å². The summed E-state index contributed by atoms with van der Waals surface area (Å²) in [5, 5.41) is 2.36. The molecule has 0 spiro atoms. The molecule has 0 atom stereocenters. The SMILES string of the molecule is Cn1cncc1Cc1nc2c(s1)=CC1=CC=CCC=21. The van der Waals surface area contributed by atoms with Gasteiger partial charge in [-0.1, -0.05) is 18.2 Å². The maximum absolute atomic E-state index is 4.83. The van der Waals surface area contributed by atoms with Crippen molar-refractivity contribution in [2.75, 3.05) is 0 Å². The molecule has 2 aliphatic carbocycles. The second-order valence-corrected chi connectivity index (χ2v) is 5.99. The van der Waals surface area contributed by atoms with Crippen LogP contribution in [0.1, 0.15) is 17.1 Å². The van der Waals surface area contributed by atoms with E-state index in [0.717, 1.165) is 12.8 Å². The average Bonchev–Trinajstić information content (AvgIpc) is 3.05. The number of nitrogens with zero attached hydrogens (tertiary/aromatic N) is 3. The normalized spacial score (nSPS) is 16.1. The van der Waals surface area contributed by atoms with Crippen molar-refractivity contribution in [3.05, 3.63) is 56.9 Å². The first-order chi connectivity index (χ1) is 9.31. The highest BCUT2D eigenvalue weighted by atomic mass is 32.1. The Morgan fingerprint density at radius 2 is 2.37 bits per heavy atom. The Kier molecular flexibility index (Phi) is 2.32. The molecule has 0 saturated carbocycles. The summed E-state index contributed by atoms with van der Waals surface area (Å²) >= 11 is 1.80. The number of aromatic nitrogens is 3. The molecular formula is C15H13N3S. The number of rotatable bonds is 2. The van der Waals surface area contributed by atoms with Crippen LogP contribution in [0.4, 0.5) is 0 Å². The molecule has 4 heteroatoms. The minimum atomic E-state index is 0.865. The second kappa shape index (κ2) is 4.03. The highest BCUT2D eigenvalue weighted by Crippen LogP contribution is 2.23. The van der Waals surface area contributed by atoms with Crippen LogP contribution in [-0.4, -0.2) is 14.5 Å². The van der Waals surface area contributed by atoms with E-state index in [1.165, 1.54) is 31.7 Å². The summed E-state index contributed by atoms with van der Waals surface area (Å²) in [5.41, 5.74) is 3.92. The van der Waals surface area contributed by atoms with Gasteiger partial charge in [-0.2, -0.15) is 0 Å². The van der Waals surface area contributed by atoms with Crippen molar-refractivity contribution >= 4 is 23.0 Å². The van der Waals surface area contributed by atoms with Gasteiger partial charge in [-0.05, 0) is 23.6 Å². The Hall–Kier alpha value is -1.94. The predicted molar refractivity (Wildman–Crippen MR) is 77.1 cm³/mol. The maximum atomic E-state index is 4.83. The van der Waals surface area contributed by atoms with Gasteiger partial charge in [0.05, 0.1) is 21.2 Å². The second-order valence-electron chi connectivity index (χ2n) is 4.87. The molecule has 2 aromatic heterocycles. The first kappa shape index (κ1) is 10.9. The topological polar surface area (TPSA) is 30.7 Å². The summed E-state index contributed by atoms with van der Waals surface area (Å²) in [4.78, 5) is 8.98. The molecule has 94 valence electrons. The van der Waals surface area contributed by atoms with Gasteiger partial charge in [0.2, 0.25) is 0 Å². The molecule has 4 rings (SSSR count). The van der Waals surface area contributed by atoms with E-state index < -0.39 is 0 Å². The molecular weight excluding hydrogens is 254 g/mol. The van der Waals surface area contributed by atoms with Crippen LogP contribution in [0.3, 0.4) is 0 Å². The van der Waals surface area contributed by atoms with Gasteiger partial charge in [-0.25, -0.2) is 9.97 Å². The lowest BCUT2D eigenvalue weighted by Crippen LogP contribution is -2.19. The zero-order chi connectivity index (χ0) is 12.8. The molecule has 19 heavy (non-hydrogen) atoms.